The summed E-state index contributed by atoms with van der Waals surface area (Å²) < 4.78 is 8.82. The fourth-order valence-corrected chi connectivity index (χ4v) is 7.24. The van der Waals surface area contributed by atoms with E-state index >= 15 is 0 Å². The van der Waals surface area contributed by atoms with E-state index in [0.29, 0.717) is 5.82 Å². The van der Waals surface area contributed by atoms with E-state index in [9.17, 15) is 0 Å². The minimum atomic E-state index is 0.664. The minimum absolute atomic E-state index is 0.664. The number of hydrogen-bond donors (Lipinski definition) is 0. The Labute approximate surface area is 288 Å². The first-order chi connectivity index (χ1) is 24.8. The van der Waals surface area contributed by atoms with Gasteiger partial charge in [-0.2, -0.15) is 0 Å². The van der Waals surface area contributed by atoms with E-state index in [1.54, 1.807) is 0 Å². The van der Waals surface area contributed by atoms with Crippen LogP contribution in [-0.4, -0.2) is 14.5 Å². The van der Waals surface area contributed by atoms with Crippen molar-refractivity contribution in [3.63, 3.8) is 0 Å². The minimum Gasteiger partial charge on any atom is -0.455 e. The van der Waals surface area contributed by atoms with Crippen molar-refractivity contribution in [2.24, 2.45) is 0 Å². The molecule has 0 atom stereocenters. The topological polar surface area (TPSA) is 43.9 Å². The van der Waals surface area contributed by atoms with Crippen LogP contribution in [0.3, 0.4) is 0 Å². The average molecular weight is 640 g/mol. The van der Waals surface area contributed by atoms with Gasteiger partial charge in [-0.05, 0) is 59.7 Å². The highest BCUT2D eigenvalue weighted by Crippen LogP contribution is 2.39. The molecule has 0 saturated carbocycles. The van der Waals surface area contributed by atoms with Gasteiger partial charge in [0.05, 0.1) is 22.4 Å². The zero-order valence-electron chi connectivity index (χ0n) is 27.0. The molecule has 0 aliphatic heterocycles. The summed E-state index contributed by atoms with van der Waals surface area (Å²) in [6.45, 7) is 0. The number of nitrogens with zero attached hydrogens (tertiary/aromatic N) is 3. The van der Waals surface area contributed by atoms with Gasteiger partial charge in [0.1, 0.15) is 11.2 Å². The zero-order valence-corrected chi connectivity index (χ0v) is 27.0. The lowest BCUT2D eigenvalue weighted by Gasteiger charge is -2.11. The molecule has 0 amide bonds. The Morgan fingerprint density at radius 1 is 0.400 bits per heavy atom. The summed E-state index contributed by atoms with van der Waals surface area (Å²) in [4.78, 5) is 10.4. The zero-order chi connectivity index (χ0) is 33.0. The van der Waals surface area contributed by atoms with E-state index in [-0.39, 0.29) is 0 Å². The molecule has 10 aromatic rings. The van der Waals surface area contributed by atoms with E-state index < -0.39 is 0 Å². The van der Waals surface area contributed by atoms with Crippen LogP contribution in [0.2, 0.25) is 0 Å². The fourth-order valence-electron chi connectivity index (χ4n) is 7.24. The first-order valence-corrected chi connectivity index (χ1v) is 16.8. The van der Waals surface area contributed by atoms with Gasteiger partial charge >= 0.3 is 0 Å². The molecule has 0 aliphatic carbocycles. The van der Waals surface area contributed by atoms with E-state index in [1.807, 2.05) is 18.2 Å². The molecule has 0 N–H and O–H groups in total. The quantitative estimate of drug-likeness (QED) is 0.188. The second-order valence-electron chi connectivity index (χ2n) is 12.6. The summed E-state index contributed by atoms with van der Waals surface area (Å²) in [5, 5.41) is 4.54. The van der Waals surface area contributed by atoms with Gasteiger partial charge in [0.2, 0.25) is 0 Å². The SMILES string of the molecule is c1ccc(-c2ccc(-c3nc(-c4ccc5c(c4)c4ccccc4n5-c4ccccc4)cc(-c4cccc5c4oc4ccccc45)n3)cc2)cc1. The van der Waals surface area contributed by atoms with E-state index in [2.05, 4.69) is 162 Å². The van der Waals surface area contributed by atoms with Crippen LogP contribution >= 0.6 is 0 Å². The van der Waals surface area contributed by atoms with Crippen LogP contribution in [0.5, 0.6) is 0 Å². The number of aromatic nitrogens is 3. The van der Waals surface area contributed by atoms with Gasteiger partial charge in [-0.15, -0.1) is 0 Å². The number of para-hydroxylation sites is 4. The molecule has 7 aromatic carbocycles. The molecular weight excluding hydrogens is 611 g/mol. The summed E-state index contributed by atoms with van der Waals surface area (Å²) in [6, 6.07) is 61.3. The molecule has 0 spiro atoms. The predicted molar refractivity (Wildman–Crippen MR) is 205 cm³/mol. The predicted octanol–water partition coefficient (Wildman–Crippen LogP) is 12.1. The van der Waals surface area contributed by atoms with Gasteiger partial charge in [-0.3, -0.25) is 0 Å². The van der Waals surface area contributed by atoms with E-state index in [0.717, 1.165) is 66.8 Å². The largest absolute Gasteiger partial charge is 0.455 e. The number of benzene rings is 7. The normalized spacial score (nSPS) is 11.6. The van der Waals surface area contributed by atoms with Crippen molar-refractivity contribution in [1.82, 2.24) is 14.5 Å². The van der Waals surface area contributed by atoms with E-state index in [1.165, 1.54) is 21.9 Å². The van der Waals surface area contributed by atoms with Crippen molar-refractivity contribution < 1.29 is 4.42 Å². The second kappa shape index (κ2) is 11.4. The standard InChI is InChI=1S/C46H29N3O/c1-3-12-30(13-4-1)31-22-24-32(25-23-31)46-47-40(29-41(48-46)38-19-11-18-37-36-17-8-10-21-44(36)50-45(37)38)33-26-27-43-39(28-33)35-16-7-9-20-42(35)49(43)34-14-5-2-6-15-34/h1-29H. The van der Waals surface area contributed by atoms with Crippen LogP contribution < -0.4 is 0 Å². The van der Waals surface area contributed by atoms with Crippen LogP contribution in [0.1, 0.15) is 0 Å². The number of fused-ring (bicyclic) bond motifs is 6. The Bertz CT molecular complexity index is 2850. The Morgan fingerprint density at radius 2 is 1.02 bits per heavy atom. The number of furan rings is 1. The van der Waals surface area contributed by atoms with Gasteiger partial charge in [-0.25, -0.2) is 9.97 Å². The smallest absolute Gasteiger partial charge is 0.160 e. The molecule has 0 saturated heterocycles. The van der Waals surface area contributed by atoms with Crippen molar-refractivity contribution in [2.75, 3.05) is 0 Å². The van der Waals surface area contributed by atoms with Crippen LogP contribution in [0, 0.1) is 0 Å². The Hall–Kier alpha value is -6.78. The summed E-state index contributed by atoms with van der Waals surface area (Å²) in [6.07, 6.45) is 0. The third kappa shape index (κ3) is 4.61. The maximum absolute atomic E-state index is 6.48. The third-order valence-electron chi connectivity index (χ3n) is 9.64. The Morgan fingerprint density at radius 3 is 1.86 bits per heavy atom. The molecule has 4 nitrogen and oxygen atoms in total. The van der Waals surface area contributed by atoms with Crippen LogP contribution in [0.4, 0.5) is 0 Å². The van der Waals surface area contributed by atoms with E-state index in [4.69, 9.17) is 14.4 Å². The summed E-state index contributed by atoms with van der Waals surface area (Å²) in [7, 11) is 0. The molecule has 234 valence electrons. The first kappa shape index (κ1) is 28.3. The van der Waals surface area contributed by atoms with Crippen molar-refractivity contribution in [3.8, 4) is 50.7 Å². The molecule has 0 fully saturated rings. The molecule has 0 aliphatic rings. The number of rotatable bonds is 5. The highest BCUT2D eigenvalue weighted by atomic mass is 16.3. The molecule has 0 radical (unpaired) electrons. The molecular formula is C46H29N3O. The van der Waals surface area contributed by atoms with Gasteiger partial charge in [-0.1, -0.05) is 127 Å². The average Bonchev–Trinajstić information content (AvgIpc) is 3.74. The Balaban J connectivity index is 1.18. The van der Waals surface area contributed by atoms with Crippen LogP contribution in [0.25, 0.3) is 94.5 Å². The fraction of sp³-hybridized carbons (Fsp3) is 0. The maximum atomic E-state index is 6.48. The summed E-state index contributed by atoms with van der Waals surface area (Å²) in [5.41, 5.74) is 12.0. The van der Waals surface area contributed by atoms with Crippen molar-refractivity contribution >= 4 is 43.7 Å². The molecule has 3 aromatic heterocycles. The third-order valence-corrected chi connectivity index (χ3v) is 9.64. The van der Waals surface area contributed by atoms with Crippen molar-refractivity contribution in [1.29, 1.82) is 0 Å². The molecule has 10 rings (SSSR count). The molecule has 3 heterocycles. The van der Waals surface area contributed by atoms with Crippen LogP contribution in [-0.2, 0) is 0 Å². The van der Waals surface area contributed by atoms with Crippen LogP contribution in [0.15, 0.2) is 180 Å². The van der Waals surface area contributed by atoms with Crippen molar-refractivity contribution in [3.05, 3.63) is 176 Å². The first-order valence-electron chi connectivity index (χ1n) is 16.8. The lowest BCUT2D eigenvalue weighted by atomic mass is 10.0. The summed E-state index contributed by atoms with van der Waals surface area (Å²) >= 11 is 0. The molecule has 50 heavy (non-hydrogen) atoms. The molecule has 4 heteroatoms. The highest BCUT2D eigenvalue weighted by molar-refractivity contribution is 6.11. The van der Waals surface area contributed by atoms with Gasteiger partial charge in [0.25, 0.3) is 0 Å². The molecule has 0 bridgehead atoms. The monoisotopic (exact) mass is 639 g/mol. The van der Waals surface area contributed by atoms with Gasteiger partial charge in [0.15, 0.2) is 5.82 Å². The maximum Gasteiger partial charge on any atom is 0.160 e. The number of hydrogen-bond acceptors (Lipinski definition) is 3. The molecule has 0 unspecified atom stereocenters. The lowest BCUT2D eigenvalue weighted by molar-refractivity contribution is 0.670. The van der Waals surface area contributed by atoms with Gasteiger partial charge in [0, 0.05) is 43.9 Å². The second-order valence-corrected chi connectivity index (χ2v) is 12.6. The summed E-state index contributed by atoms with van der Waals surface area (Å²) in [5.74, 6) is 0.664. The highest BCUT2D eigenvalue weighted by Gasteiger charge is 2.18. The van der Waals surface area contributed by atoms with Crippen molar-refractivity contribution in [2.45, 2.75) is 0 Å². The Kier molecular flexibility index (Phi) is 6.46. The lowest BCUT2D eigenvalue weighted by Crippen LogP contribution is -1.96. The van der Waals surface area contributed by atoms with Gasteiger partial charge < -0.3 is 8.98 Å².